The van der Waals surface area contributed by atoms with Crippen LogP contribution in [-0.4, -0.2) is 62.9 Å². The second-order valence-electron chi connectivity index (χ2n) is 8.60. The normalized spacial score (nSPS) is 20.4. The largest absolute Gasteiger partial charge is 0.487 e. The van der Waals surface area contributed by atoms with Gasteiger partial charge in [-0.25, -0.2) is 12.7 Å². The molecule has 0 spiro atoms. The summed E-state index contributed by atoms with van der Waals surface area (Å²) < 4.78 is 34.0. The smallest absolute Gasteiger partial charge is 0.266 e. The number of hydrogen-bond acceptors (Lipinski definition) is 7. The van der Waals surface area contributed by atoms with Gasteiger partial charge >= 0.3 is 0 Å². The van der Waals surface area contributed by atoms with Crippen molar-refractivity contribution in [2.24, 2.45) is 11.7 Å². The number of benzene rings is 1. The summed E-state index contributed by atoms with van der Waals surface area (Å²) in [5.74, 6) is -1.30. The number of nitrogens with one attached hydrogen (secondary N) is 2. The number of primary amides is 1. The molecule has 2 saturated heterocycles. The molecule has 33 heavy (non-hydrogen) atoms. The molecule has 1 unspecified atom stereocenters. The summed E-state index contributed by atoms with van der Waals surface area (Å²) >= 11 is 12.8. The minimum absolute atomic E-state index is 0.0110. The number of nitrogens with two attached hydrogens (primary N) is 1. The summed E-state index contributed by atoms with van der Waals surface area (Å²) in [4.78, 5) is 24.1. The standard InChI is InChI=1S/C21H30Cl2N4O5S/c1-13(8-19(24)28)9-20(29)27(14-2-5-26-12-14)33(30,31)16-10-17(22)21(18(23)11-16)32-15-3-6-25-7-4-15/h10-11,13-15,25-26H,2-9,12H2,1H3,(H2,24,28)/t13-,14?/m0/s1. The van der Waals surface area contributed by atoms with E-state index in [9.17, 15) is 18.0 Å². The number of hydrogen-bond donors (Lipinski definition) is 3. The molecule has 0 radical (unpaired) electrons. The van der Waals surface area contributed by atoms with Gasteiger partial charge in [0, 0.05) is 19.4 Å². The first-order chi connectivity index (χ1) is 15.6. The van der Waals surface area contributed by atoms with Crippen LogP contribution in [-0.2, 0) is 19.6 Å². The van der Waals surface area contributed by atoms with Gasteiger partial charge in [0.05, 0.1) is 21.0 Å². The fourth-order valence-electron chi connectivity index (χ4n) is 4.17. The highest BCUT2D eigenvalue weighted by atomic mass is 35.5. The van der Waals surface area contributed by atoms with Crippen molar-refractivity contribution in [3.8, 4) is 5.75 Å². The van der Waals surface area contributed by atoms with Crippen LogP contribution in [0.3, 0.4) is 0 Å². The third kappa shape index (κ3) is 6.51. The molecule has 0 aliphatic carbocycles. The number of amides is 2. The van der Waals surface area contributed by atoms with Crippen molar-refractivity contribution >= 4 is 45.0 Å². The fraction of sp³-hybridized carbons (Fsp3) is 0.619. The van der Waals surface area contributed by atoms with Crippen LogP contribution >= 0.6 is 23.2 Å². The lowest BCUT2D eigenvalue weighted by atomic mass is 10.0. The molecule has 2 aliphatic rings. The summed E-state index contributed by atoms with van der Waals surface area (Å²) in [5.41, 5.74) is 5.22. The Kier molecular flexibility index (Phi) is 8.85. The first-order valence-electron chi connectivity index (χ1n) is 11.0. The lowest BCUT2D eigenvalue weighted by molar-refractivity contribution is -0.128. The van der Waals surface area contributed by atoms with Gasteiger partial charge in [-0.1, -0.05) is 30.1 Å². The summed E-state index contributed by atoms with van der Waals surface area (Å²) in [6, 6.07) is 2.00. The second-order valence-corrected chi connectivity index (χ2v) is 11.2. The van der Waals surface area contributed by atoms with Crippen molar-refractivity contribution in [3.05, 3.63) is 22.2 Å². The highest BCUT2D eigenvalue weighted by molar-refractivity contribution is 7.89. The summed E-state index contributed by atoms with van der Waals surface area (Å²) in [6.45, 7) is 4.24. The van der Waals surface area contributed by atoms with Crippen molar-refractivity contribution in [2.45, 2.75) is 56.1 Å². The highest BCUT2D eigenvalue weighted by Gasteiger charge is 2.38. The first-order valence-corrected chi connectivity index (χ1v) is 13.2. The van der Waals surface area contributed by atoms with E-state index in [0.29, 0.717) is 19.5 Å². The Labute approximate surface area is 204 Å². The number of halogens is 2. The van der Waals surface area contributed by atoms with Crippen molar-refractivity contribution in [1.29, 1.82) is 0 Å². The zero-order valence-electron chi connectivity index (χ0n) is 18.5. The van der Waals surface area contributed by atoms with Crippen LogP contribution < -0.4 is 21.1 Å². The van der Waals surface area contributed by atoms with E-state index in [2.05, 4.69) is 10.6 Å². The van der Waals surface area contributed by atoms with Crippen molar-refractivity contribution in [3.63, 3.8) is 0 Å². The second kappa shape index (κ2) is 11.2. The third-order valence-electron chi connectivity index (χ3n) is 5.78. The van der Waals surface area contributed by atoms with Gasteiger partial charge in [-0.3, -0.25) is 9.59 Å². The molecule has 0 bridgehead atoms. The Morgan fingerprint density at radius 1 is 1.12 bits per heavy atom. The zero-order chi connectivity index (χ0) is 24.2. The average molecular weight is 521 g/mol. The predicted molar refractivity (Wildman–Crippen MR) is 126 cm³/mol. The highest BCUT2D eigenvalue weighted by Crippen LogP contribution is 2.38. The Morgan fingerprint density at radius 3 is 2.27 bits per heavy atom. The molecule has 2 atom stereocenters. The number of piperidine rings is 1. The topological polar surface area (TPSA) is 131 Å². The van der Waals surface area contributed by atoms with Gasteiger partial charge in [-0.15, -0.1) is 0 Å². The quantitative estimate of drug-likeness (QED) is 0.453. The first kappa shape index (κ1) is 26.0. The van der Waals surface area contributed by atoms with Gasteiger partial charge < -0.3 is 21.1 Å². The van der Waals surface area contributed by atoms with Crippen LogP contribution in [0.1, 0.15) is 39.0 Å². The molecule has 2 amide bonds. The van der Waals surface area contributed by atoms with E-state index in [0.717, 1.165) is 30.2 Å². The molecule has 1 aromatic carbocycles. The predicted octanol–water partition coefficient (Wildman–Crippen LogP) is 1.91. The van der Waals surface area contributed by atoms with Crippen LogP contribution in [0.5, 0.6) is 5.75 Å². The van der Waals surface area contributed by atoms with Gasteiger partial charge in [0.25, 0.3) is 10.0 Å². The maximum atomic E-state index is 13.6. The van der Waals surface area contributed by atoms with Gasteiger partial charge in [0.15, 0.2) is 5.75 Å². The Hall–Kier alpha value is -1.59. The van der Waals surface area contributed by atoms with Gasteiger partial charge in [-0.2, -0.15) is 0 Å². The molecule has 0 saturated carbocycles. The lowest BCUT2D eigenvalue weighted by Gasteiger charge is -2.29. The lowest BCUT2D eigenvalue weighted by Crippen LogP contribution is -2.46. The van der Waals surface area contributed by atoms with Crippen molar-refractivity contribution in [1.82, 2.24) is 14.9 Å². The molecular formula is C21H30Cl2N4O5S. The van der Waals surface area contributed by atoms with E-state index >= 15 is 0 Å². The summed E-state index contributed by atoms with van der Waals surface area (Å²) in [5, 5.41) is 6.46. The average Bonchev–Trinajstić information content (AvgIpc) is 3.24. The molecule has 1 aromatic rings. The van der Waals surface area contributed by atoms with Gasteiger partial charge in [-0.05, 0) is 56.9 Å². The minimum Gasteiger partial charge on any atom is -0.487 e. The molecule has 184 valence electrons. The van der Waals surface area contributed by atoms with E-state index in [-0.39, 0.29) is 39.6 Å². The molecule has 3 rings (SSSR count). The summed E-state index contributed by atoms with van der Waals surface area (Å²) in [7, 11) is -4.26. The number of carbonyl (C=O) groups excluding carboxylic acids is 2. The molecule has 2 fully saturated rings. The van der Waals surface area contributed by atoms with E-state index in [4.69, 9.17) is 33.7 Å². The van der Waals surface area contributed by atoms with E-state index in [1.54, 1.807) is 6.92 Å². The molecule has 2 heterocycles. The molecule has 0 aromatic heterocycles. The van der Waals surface area contributed by atoms with Crippen molar-refractivity contribution < 1.29 is 22.7 Å². The Balaban J connectivity index is 1.88. The maximum absolute atomic E-state index is 13.6. The molecular weight excluding hydrogens is 491 g/mol. The van der Waals surface area contributed by atoms with E-state index in [1.807, 2.05) is 0 Å². The molecule has 9 nitrogen and oxygen atoms in total. The monoisotopic (exact) mass is 520 g/mol. The summed E-state index contributed by atoms with van der Waals surface area (Å²) in [6.07, 6.45) is 1.84. The van der Waals surface area contributed by atoms with Crippen LogP contribution in [0.15, 0.2) is 17.0 Å². The molecule has 2 aliphatic heterocycles. The third-order valence-corrected chi connectivity index (χ3v) is 8.20. The number of carbonyl (C=O) groups is 2. The SMILES string of the molecule is C[C@@H](CC(N)=O)CC(=O)N(C1CCNC1)S(=O)(=O)c1cc(Cl)c(OC2CCNCC2)c(Cl)c1. The Bertz CT molecular complexity index is 956. The number of rotatable bonds is 9. The van der Waals surface area contributed by atoms with Gasteiger partial charge in [0.1, 0.15) is 6.10 Å². The minimum atomic E-state index is -4.26. The fourth-order valence-corrected chi connectivity index (χ4v) is 6.55. The van der Waals surface area contributed by atoms with E-state index < -0.39 is 33.8 Å². The van der Waals surface area contributed by atoms with Gasteiger partial charge in [0.2, 0.25) is 11.8 Å². The Morgan fingerprint density at radius 2 is 1.73 bits per heavy atom. The number of nitrogens with zero attached hydrogens (tertiary/aromatic N) is 1. The van der Waals surface area contributed by atoms with Crippen LogP contribution in [0.4, 0.5) is 0 Å². The van der Waals surface area contributed by atoms with Crippen LogP contribution in [0.2, 0.25) is 10.0 Å². The van der Waals surface area contributed by atoms with Crippen LogP contribution in [0.25, 0.3) is 0 Å². The van der Waals surface area contributed by atoms with Crippen LogP contribution in [0, 0.1) is 5.92 Å². The maximum Gasteiger partial charge on any atom is 0.266 e. The zero-order valence-corrected chi connectivity index (χ0v) is 20.8. The number of sulfonamides is 1. The molecule has 12 heteroatoms. The van der Waals surface area contributed by atoms with Crippen molar-refractivity contribution in [2.75, 3.05) is 26.2 Å². The van der Waals surface area contributed by atoms with E-state index in [1.165, 1.54) is 12.1 Å². The number of ether oxygens (including phenoxy) is 1. The molecule has 4 N–H and O–H groups in total.